The molecule has 2 amide bonds. The maximum absolute atomic E-state index is 12.4. The number of hydrogen-bond donors (Lipinski definition) is 1. The van der Waals surface area contributed by atoms with Crippen LogP contribution in [0.5, 0.6) is 0 Å². The standard InChI is InChI=1S/C17H24N2O4S/c1-10-7-5-6-8-19(10)14(21)9-23-17(22)15-11(2)12(3)24-16(15)18-13(4)20/h10H,5-9H2,1-4H3,(H,18,20). The molecular formula is C17H24N2O4S. The lowest BCUT2D eigenvalue weighted by molar-refractivity contribution is -0.137. The van der Waals surface area contributed by atoms with E-state index in [2.05, 4.69) is 5.32 Å². The van der Waals surface area contributed by atoms with Crippen LogP contribution < -0.4 is 5.32 Å². The first-order chi connectivity index (χ1) is 11.3. The highest BCUT2D eigenvalue weighted by Crippen LogP contribution is 2.33. The quantitative estimate of drug-likeness (QED) is 0.846. The van der Waals surface area contributed by atoms with Crippen LogP contribution in [0, 0.1) is 13.8 Å². The summed E-state index contributed by atoms with van der Waals surface area (Å²) in [4.78, 5) is 38.7. The molecular weight excluding hydrogens is 328 g/mol. The number of ether oxygens (including phenoxy) is 1. The van der Waals surface area contributed by atoms with Crippen molar-refractivity contribution in [3.05, 3.63) is 16.0 Å². The molecule has 6 nitrogen and oxygen atoms in total. The van der Waals surface area contributed by atoms with Crippen LogP contribution in [0.1, 0.15) is 53.9 Å². The van der Waals surface area contributed by atoms with Gasteiger partial charge < -0.3 is 15.0 Å². The van der Waals surface area contributed by atoms with Crippen molar-refractivity contribution in [2.75, 3.05) is 18.5 Å². The van der Waals surface area contributed by atoms with Crippen LogP contribution >= 0.6 is 11.3 Å². The van der Waals surface area contributed by atoms with E-state index < -0.39 is 5.97 Å². The predicted molar refractivity (Wildman–Crippen MR) is 93.4 cm³/mol. The van der Waals surface area contributed by atoms with E-state index in [9.17, 15) is 14.4 Å². The van der Waals surface area contributed by atoms with Crippen LogP contribution in [0.4, 0.5) is 5.00 Å². The molecule has 1 aromatic rings. The summed E-state index contributed by atoms with van der Waals surface area (Å²) in [6, 6.07) is 0.185. The largest absolute Gasteiger partial charge is 0.452 e. The van der Waals surface area contributed by atoms with Gasteiger partial charge in [0.05, 0.1) is 5.56 Å². The number of hydrogen-bond acceptors (Lipinski definition) is 5. The molecule has 0 aromatic carbocycles. The molecule has 0 saturated carbocycles. The van der Waals surface area contributed by atoms with Crippen molar-refractivity contribution in [2.24, 2.45) is 0 Å². The van der Waals surface area contributed by atoms with Gasteiger partial charge in [-0.2, -0.15) is 0 Å². The third-order valence-corrected chi connectivity index (χ3v) is 5.45. The second kappa shape index (κ2) is 7.79. The van der Waals surface area contributed by atoms with Crippen molar-refractivity contribution in [2.45, 2.75) is 53.0 Å². The topological polar surface area (TPSA) is 75.7 Å². The number of amides is 2. The maximum Gasteiger partial charge on any atom is 0.341 e. The van der Waals surface area contributed by atoms with Gasteiger partial charge in [0.15, 0.2) is 6.61 Å². The third-order valence-electron chi connectivity index (χ3n) is 4.33. The molecule has 0 spiro atoms. The summed E-state index contributed by atoms with van der Waals surface area (Å²) < 4.78 is 5.23. The smallest absolute Gasteiger partial charge is 0.341 e. The number of esters is 1. The summed E-state index contributed by atoms with van der Waals surface area (Å²) in [7, 11) is 0. The molecule has 1 aromatic heterocycles. The lowest BCUT2D eigenvalue weighted by atomic mass is 10.0. The van der Waals surface area contributed by atoms with Gasteiger partial charge in [0, 0.05) is 24.4 Å². The zero-order valence-electron chi connectivity index (χ0n) is 14.6. The summed E-state index contributed by atoms with van der Waals surface area (Å²) in [5.41, 5.74) is 1.11. The number of rotatable bonds is 4. The Morgan fingerprint density at radius 3 is 2.62 bits per heavy atom. The fourth-order valence-electron chi connectivity index (χ4n) is 2.87. The number of thiophene rings is 1. The summed E-state index contributed by atoms with van der Waals surface area (Å²) in [6.07, 6.45) is 3.09. The lowest BCUT2D eigenvalue weighted by Crippen LogP contribution is -2.44. The Balaban J connectivity index is 2.04. The van der Waals surface area contributed by atoms with Crippen LogP contribution in [-0.4, -0.2) is 41.9 Å². The third kappa shape index (κ3) is 4.14. The highest BCUT2D eigenvalue weighted by molar-refractivity contribution is 7.16. The number of likely N-dealkylation sites (tertiary alicyclic amines) is 1. The van der Waals surface area contributed by atoms with Gasteiger partial charge in [-0.25, -0.2) is 4.79 Å². The minimum atomic E-state index is -0.571. The Labute approximate surface area is 146 Å². The van der Waals surface area contributed by atoms with Crippen LogP contribution in [-0.2, 0) is 14.3 Å². The van der Waals surface area contributed by atoms with Crippen LogP contribution in [0.3, 0.4) is 0 Å². The number of aryl methyl sites for hydroxylation is 1. The average molecular weight is 352 g/mol. The maximum atomic E-state index is 12.4. The molecule has 24 heavy (non-hydrogen) atoms. The van der Waals surface area contributed by atoms with Gasteiger partial charge in [-0.05, 0) is 45.6 Å². The molecule has 1 saturated heterocycles. The monoisotopic (exact) mass is 352 g/mol. The molecule has 1 aliphatic rings. The molecule has 1 unspecified atom stereocenters. The van der Waals surface area contributed by atoms with Crippen molar-refractivity contribution in [3.63, 3.8) is 0 Å². The van der Waals surface area contributed by atoms with E-state index in [-0.39, 0.29) is 24.5 Å². The average Bonchev–Trinajstić information content (AvgIpc) is 2.78. The molecule has 1 fully saturated rings. The van der Waals surface area contributed by atoms with Gasteiger partial charge in [0.1, 0.15) is 5.00 Å². The zero-order chi connectivity index (χ0) is 17.9. The number of nitrogens with zero attached hydrogens (tertiary/aromatic N) is 1. The molecule has 2 rings (SSSR count). The second-order valence-electron chi connectivity index (χ2n) is 6.18. The number of nitrogens with one attached hydrogen (secondary N) is 1. The van der Waals surface area contributed by atoms with E-state index in [4.69, 9.17) is 4.74 Å². The molecule has 7 heteroatoms. The first-order valence-electron chi connectivity index (χ1n) is 8.15. The summed E-state index contributed by atoms with van der Waals surface area (Å²) in [6.45, 7) is 7.54. The minimum absolute atomic E-state index is 0.166. The lowest BCUT2D eigenvalue weighted by Gasteiger charge is -2.33. The predicted octanol–water partition coefficient (Wildman–Crippen LogP) is 2.88. The van der Waals surface area contributed by atoms with Crippen molar-refractivity contribution in [1.82, 2.24) is 4.90 Å². The van der Waals surface area contributed by atoms with Gasteiger partial charge in [-0.1, -0.05) is 0 Å². The minimum Gasteiger partial charge on any atom is -0.452 e. The highest BCUT2D eigenvalue weighted by atomic mass is 32.1. The van der Waals surface area contributed by atoms with Crippen molar-refractivity contribution >= 4 is 34.1 Å². The van der Waals surface area contributed by atoms with Crippen LogP contribution in [0.25, 0.3) is 0 Å². The highest BCUT2D eigenvalue weighted by Gasteiger charge is 2.26. The van der Waals surface area contributed by atoms with E-state index in [0.717, 1.165) is 29.7 Å². The summed E-state index contributed by atoms with van der Waals surface area (Å²) in [5, 5.41) is 3.13. The number of carbonyl (C=O) groups excluding carboxylic acids is 3. The van der Waals surface area contributed by atoms with Crippen molar-refractivity contribution in [3.8, 4) is 0 Å². The zero-order valence-corrected chi connectivity index (χ0v) is 15.4. The SMILES string of the molecule is CC(=O)Nc1sc(C)c(C)c1C(=O)OCC(=O)N1CCCCC1C. The van der Waals surface area contributed by atoms with E-state index in [1.807, 2.05) is 20.8 Å². The van der Waals surface area contributed by atoms with E-state index >= 15 is 0 Å². The second-order valence-corrected chi connectivity index (χ2v) is 7.40. The Bertz CT molecular complexity index is 653. The molecule has 2 heterocycles. The first kappa shape index (κ1) is 18.4. The van der Waals surface area contributed by atoms with Crippen LogP contribution in [0.15, 0.2) is 0 Å². The molecule has 1 N–H and O–H groups in total. The Morgan fingerprint density at radius 1 is 1.29 bits per heavy atom. The molecule has 1 aliphatic heterocycles. The Morgan fingerprint density at radius 2 is 2.00 bits per heavy atom. The molecule has 0 radical (unpaired) electrons. The first-order valence-corrected chi connectivity index (χ1v) is 8.97. The fourth-order valence-corrected chi connectivity index (χ4v) is 3.97. The number of carbonyl (C=O) groups is 3. The van der Waals surface area contributed by atoms with Gasteiger partial charge in [0.2, 0.25) is 5.91 Å². The molecule has 132 valence electrons. The van der Waals surface area contributed by atoms with Crippen LogP contribution in [0.2, 0.25) is 0 Å². The van der Waals surface area contributed by atoms with Gasteiger partial charge in [-0.15, -0.1) is 11.3 Å². The summed E-state index contributed by atoms with van der Waals surface area (Å²) in [5.74, 6) is -0.983. The van der Waals surface area contributed by atoms with Crippen molar-refractivity contribution in [1.29, 1.82) is 0 Å². The van der Waals surface area contributed by atoms with Gasteiger partial charge in [0.25, 0.3) is 5.91 Å². The fraction of sp³-hybridized carbons (Fsp3) is 0.588. The number of piperidine rings is 1. The Kier molecular flexibility index (Phi) is 5.99. The van der Waals surface area contributed by atoms with E-state index in [0.29, 0.717) is 17.1 Å². The number of anilines is 1. The molecule has 0 aliphatic carbocycles. The normalized spacial score (nSPS) is 17.5. The molecule has 0 bridgehead atoms. The van der Waals surface area contributed by atoms with Crippen molar-refractivity contribution < 1.29 is 19.1 Å². The molecule has 1 atom stereocenters. The summed E-state index contributed by atoms with van der Waals surface area (Å²) >= 11 is 1.33. The Hall–Kier alpha value is -1.89. The van der Waals surface area contributed by atoms with Gasteiger partial charge >= 0.3 is 5.97 Å². The van der Waals surface area contributed by atoms with E-state index in [1.54, 1.807) is 4.90 Å². The van der Waals surface area contributed by atoms with E-state index in [1.165, 1.54) is 18.3 Å². The van der Waals surface area contributed by atoms with Gasteiger partial charge in [-0.3, -0.25) is 9.59 Å².